The number of nitrogens with one attached hydrogen (secondary N) is 1. The maximum absolute atomic E-state index is 12.8. The van der Waals surface area contributed by atoms with Crippen LogP contribution in [-0.2, 0) is 5.54 Å². The van der Waals surface area contributed by atoms with Crippen LogP contribution < -0.4 is 10.9 Å². The predicted molar refractivity (Wildman–Crippen MR) is 97.0 cm³/mol. The minimum Gasteiger partial charge on any atom is -0.379 e. The van der Waals surface area contributed by atoms with Crippen molar-refractivity contribution in [1.29, 1.82) is 0 Å². The fourth-order valence-corrected chi connectivity index (χ4v) is 3.24. The molecule has 0 radical (unpaired) electrons. The van der Waals surface area contributed by atoms with E-state index in [4.69, 9.17) is 0 Å². The largest absolute Gasteiger partial charge is 0.379 e. The zero-order valence-electron chi connectivity index (χ0n) is 14.4. The average Bonchev–Trinajstić information content (AvgIpc) is 2.73. The Hall–Kier alpha value is -1.55. The summed E-state index contributed by atoms with van der Waals surface area (Å²) in [4.78, 5) is 13.9. The summed E-state index contributed by atoms with van der Waals surface area (Å²) in [6, 6.07) is 10.1. The molecule has 0 saturated heterocycles. The van der Waals surface area contributed by atoms with Crippen molar-refractivity contribution in [3.05, 3.63) is 40.7 Å². The minimum atomic E-state index is -0.215. The molecule has 1 aromatic heterocycles. The van der Waals surface area contributed by atoms with Crippen molar-refractivity contribution in [2.45, 2.75) is 47.1 Å². The Balaban J connectivity index is 2.54. The first-order valence-electron chi connectivity index (χ1n) is 7.66. The molecule has 22 heavy (non-hydrogen) atoms. The average molecular weight is 318 g/mol. The number of hydrogen-bond donors (Lipinski definition) is 1. The smallest absolute Gasteiger partial charge is 0.285 e. The van der Waals surface area contributed by atoms with Gasteiger partial charge in [0.15, 0.2) is 0 Å². The monoisotopic (exact) mass is 318 g/mol. The van der Waals surface area contributed by atoms with Crippen LogP contribution in [0.25, 0.3) is 10.4 Å². The van der Waals surface area contributed by atoms with Gasteiger partial charge in [0.25, 0.3) is 5.56 Å². The molecule has 0 fully saturated rings. The summed E-state index contributed by atoms with van der Waals surface area (Å²) in [6.45, 7) is 13.4. The molecule has 4 heteroatoms. The van der Waals surface area contributed by atoms with Crippen LogP contribution in [0.2, 0.25) is 0 Å². The topological polar surface area (TPSA) is 34.0 Å². The van der Waals surface area contributed by atoms with E-state index in [0.29, 0.717) is 0 Å². The lowest BCUT2D eigenvalue weighted by Gasteiger charge is -2.19. The third-order valence-corrected chi connectivity index (χ3v) is 4.77. The van der Waals surface area contributed by atoms with E-state index in [-0.39, 0.29) is 16.5 Å². The van der Waals surface area contributed by atoms with Gasteiger partial charge in [0, 0.05) is 6.54 Å². The van der Waals surface area contributed by atoms with Gasteiger partial charge < -0.3 is 5.32 Å². The molecule has 0 amide bonds. The minimum absolute atomic E-state index is 0.0700. The molecule has 2 rings (SSSR count). The summed E-state index contributed by atoms with van der Waals surface area (Å²) in [7, 11) is 0. The molecule has 0 aliphatic heterocycles. The van der Waals surface area contributed by atoms with Gasteiger partial charge in [0.1, 0.15) is 5.69 Å². The van der Waals surface area contributed by atoms with Crippen molar-refractivity contribution in [3.63, 3.8) is 0 Å². The van der Waals surface area contributed by atoms with E-state index in [2.05, 4.69) is 59.0 Å². The fraction of sp³-hybridized carbons (Fsp3) is 0.500. The molecular weight excluding hydrogens is 292 g/mol. The zero-order chi connectivity index (χ0) is 16.5. The fourth-order valence-electron chi connectivity index (χ4n) is 2.11. The van der Waals surface area contributed by atoms with E-state index in [1.165, 1.54) is 11.5 Å². The van der Waals surface area contributed by atoms with Crippen molar-refractivity contribution < 1.29 is 0 Å². The first-order valence-corrected chi connectivity index (χ1v) is 8.43. The van der Waals surface area contributed by atoms with Crippen LogP contribution in [0, 0.1) is 5.41 Å². The third-order valence-electron chi connectivity index (χ3n) is 3.25. The Kier molecular flexibility index (Phi) is 4.52. The van der Waals surface area contributed by atoms with Crippen molar-refractivity contribution in [1.82, 2.24) is 3.96 Å². The molecule has 2 aromatic rings. The van der Waals surface area contributed by atoms with Crippen LogP contribution in [0.5, 0.6) is 0 Å². The predicted octanol–water partition coefficient (Wildman–Crippen LogP) is 4.79. The maximum atomic E-state index is 12.8. The lowest BCUT2D eigenvalue weighted by Crippen LogP contribution is -2.31. The highest BCUT2D eigenvalue weighted by atomic mass is 32.1. The molecule has 0 unspecified atom stereocenters. The molecule has 0 aliphatic carbocycles. The second kappa shape index (κ2) is 5.92. The van der Waals surface area contributed by atoms with Crippen LogP contribution in [-0.4, -0.2) is 10.5 Å². The van der Waals surface area contributed by atoms with Crippen LogP contribution in [0.15, 0.2) is 35.1 Å². The van der Waals surface area contributed by atoms with Crippen LogP contribution in [0.4, 0.5) is 5.69 Å². The highest BCUT2D eigenvalue weighted by molar-refractivity contribution is 7.11. The standard InChI is InChI=1S/C18H26N2OS/c1-17(2,3)12-19-14-15(13-10-8-7-9-11-13)22-20(16(14)21)18(4,5)6/h7-11,19H,12H2,1-6H3. The van der Waals surface area contributed by atoms with Gasteiger partial charge in [-0.15, -0.1) is 0 Å². The Labute approximate surface area is 137 Å². The van der Waals surface area contributed by atoms with Gasteiger partial charge >= 0.3 is 0 Å². The molecule has 1 heterocycles. The number of rotatable bonds is 3. The second-order valence-corrected chi connectivity index (χ2v) is 8.80. The molecule has 0 saturated carbocycles. The molecule has 1 N–H and O–H groups in total. The van der Waals surface area contributed by atoms with Crippen LogP contribution in [0.1, 0.15) is 41.5 Å². The molecule has 0 aliphatic rings. The maximum Gasteiger partial charge on any atom is 0.285 e. The number of hydrogen-bond acceptors (Lipinski definition) is 3. The number of nitrogens with zero attached hydrogens (tertiary/aromatic N) is 1. The Morgan fingerprint density at radius 3 is 2.14 bits per heavy atom. The summed E-state index contributed by atoms with van der Waals surface area (Å²) in [5, 5.41) is 3.39. The summed E-state index contributed by atoms with van der Waals surface area (Å²) >= 11 is 1.54. The highest BCUT2D eigenvalue weighted by Crippen LogP contribution is 2.33. The van der Waals surface area contributed by atoms with Gasteiger partial charge in [-0.2, -0.15) is 0 Å². The second-order valence-electron chi connectivity index (χ2n) is 7.85. The van der Waals surface area contributed by atoms with E-state index < -0.39 is 0 Å². The Morgan fingerprint density at radius 2 is 1.64 bits per heavy atom. The first kappa shape index (κ1) is 16.8. The van der Waals surface area contributed by atoms with Crippen LogP contribution >= 0.6 is 11.5 Å². The summed E-state index contributed by atoms with van der Waals surface area (Å²) in [6.07, 6.45) is 0. The van der Waals surface area contributed by atoms with E-state index >= 15 is 0 Å². The molecule has 0 atom stereocenters. The molecule has 0 spiro atoms. The molecule has 0 bridgehead atoms. The van der Waals surface area contributed by atoms with Gasteiger partial charge in [-0.1, -0.05) is 62.6 Å². The Bertz CT molecular complexity index is 685. The van der Waals surface area contributed by atoms with E-state index in [0.717, 1.165) is 22.7 Å². The lowest BCUT2D eigenvalue weighted by molar-refractivity contribution is 0.418. The van der Waals surface area contributed by atoms with Gasteiger partial charge in [-0.3, -0.25) is 8.75 Å². The van der Waals surface area contributed by atoms with Crippen LogP contribution in [0.3, 0.4) is 0 Å². The van der Waals surface area contributed by atoms with Gasteiger partial charge in [0.05, 0.1) is 10.4 Å². The number of anilines is 1. The normalized spacial score (nSPS) is 12.5. The van der Waals surface area contributed by atoms with Gasteiger partial charge in [0.2, 0.25) is 0 Å². The first-order chi connectivity index (χ1) is 10.1. The summed E-state index contributed by atoms with van der Waals surface area (Å²) in [5.74, 6) is 0. The van der Waals surface area contributed by atoms with Crippen molar-refractivity contribution in [3.8, 4) is 10.4 Å². The van der Waals surface area contributed by atoms with Gasteiger partial charge in [-0.05, 0) is 31.7 Å². The Morgan fingerprint density at radius 1 is 1.05 bits per heavy atom. The van der Waals surface area contributed by atoms with E-state index in [1.807, 2.05) is 22.2 Å². The molecule has 120 valence electrons. The highest BCUT2D eigenvalue weighted by Gasteiger charge is 2.24. The molecule has 1 aromatic carbocycles. The lowest BCUT2D eigenvalue weighted by atomic mass is 9.97. The third kappa shape index (κ3) is 3.80. The van der Waals surface area contributed by atoms with Crippen molar-refractivity contribution >= 4 is 17.2 Å². The molecule has 3 nitrogen and oxygen atoms in total. The molecular formula is C18H26N2OS. The van der Waals surface area contributed by atoms with Gasteiger partial charge in [-0.25, -0.2) is 0 Å². The van der Waals surface area contributed by atoms with Crippen molar-refractivity contribution in [2.24, 2.45) is 5.41 Å². The quantitative estimate of drug-likeness (QED) is 0.883. The SMILES string of the molecule is CC(C)(C)CNc1c(-c2ccccc2)sn(C(C)(C)C)c1=O. The number of benzene rings is 1. The number of aromatic nitrogens is 1. The zero-order valence-corrected chi connectivity index (χ0v) is 15.2. The van der Waals surface area contributed by atoms with Crippen molar-refractivity contribution in [2.75, 3.05) is 11.9 Å². The van der Waals surface area contributed by atoms with E-state index in [9.17, 15) is 4.79 Å². The van der Waals surface area contributed by atoms with E-state index in [1.54, 1.807) is 0 Å². The summed E-state index contributed by atoms with van der Waals surface area (Å²) in [5.41, 5.74) is 1.78. The summed E-state index contributed by atoms with van der Waals surface area (Å²) < 4.78 is 1.86.